The highest BCUT2D eigenvalue weighted by Gasteiger charge is 2.18. The van der Waals surface area contributed by atoms with Gasteiger partial charge in [0.05, 0.1) is 6.61 Å². The first kappa shape index (κ1) is 15.9. The number of ether oxygens (including phenoxy) is 1. The molecule has 1 aromatic heterocycles. The van der Waals surface area contributed by atoms with E-state index >= 15 is 0 Å². The van der Waals surface area contributed by atoms with Gasteiger partial charge in [-0.2, -0.15) is 0 Å². The Morgan fingerprint density at radius 2 is 1.67 bits per heavy atom. The Hall–Kier alpha value is -2.94. The van der Waals surface area contributed by atoms with Crippen molar-refractivity contribution in [3.8, 4) is 22.3 Å². The van der Waals surface area contributed by atoms with E-state index in [1.54, 1.807) is 13.1 Å². The van der Waals surface area contributed by atoms with Gasteiger partial charge in [0, 0.05) is 17.3 Å². The summed E-state index contributed by atoms with van der Waals surface area (Å²) < 4.78 is 5.17. The van der Waals surface area contributed by atoms with Crippen molar-refractivity contribution in [2.75, 3.05) is 6.61 Å². The van der Waals surface area contributed by atoms with Gasteiger partial charge in [0.15, 0.2) is 5.69 Å². The van der Waals surface area contributed by atoms with Crippen molar-refractivity contribution in [2.45, 2.75) is 13.8 Å². The molecule has 0 radical (unpaired) electrons. The van der Waals surface area contributed by atoms with Gasteiger partial charge in [0.1, 0.15) is 0 Å². The van der Waals surface area contributed by atoms with Crippen LogP contribution >= 0.6 is 0 Å². The molecule has 1 heterocycles. The summed E-state index contributed by atoms with van der Waals surface area (Å²) in [7, 11) is 0. The Kier molecular flexibility index (Phi) is 4.71. The van der Waals surface area contributed by atoms with Gasteiger partial charge in [0.2, 0.25) is 0 Å². The maximum atomic E-state index is 12.3. The van der Waals surface area contributed by atoms with Crippen molar-refractivity contribution in [3.63, 3.8) is 0 Å². The molecule has 0 fully saturated rings. The van der Waals surface area contributed by atoms with Crippen LogP contribution in [0.2, 0.25) is 0 Å². The van der Waals surface area contributed by atoms with Crippen LogP contribution in [0.3, 0.4) is 0 Å². The van der Waals surface area contributed by atoms with Crippen LogP contribution in [0.5, 0.6) is 0 Å². The molecule has 0 bridgehead atoms. The van der Waals surface area contributed by atoms with Crippen molar-refractivity contribution < 1.29 is 9.53 Å². The van der Waals surface area contributed by atoms with Crippen LogP contribution in [-0.2, 0) is 4.74 Å². The zero-order valence-corrected chi connectivity index (χ0v) is 13.8. The summed E-state index contributed by atoms with van der Waals surface area (Å²) in [5, 5.41) is 0. The third-order valence-electron chi connectivity index (χ3n) is 3.90. The molecule has 3 aromatic rings. The van der Waals surface area contributed by atoms with Crippen molar-refractivity contribution >= 4 is 5.97 Å². The highest BCUT2D eigenvalue weighted by molar-refractivity contribution is 5.96. The summed E-state index contributed by atoms with van der Waals surface area (Å²) in [6.45, 7) is 4.15. The van der Waals surface area contributed by atoms with Gasteiger partial charge in [-0.3, -0.25) is 0 Å². The standard InChI is InChI=1S/C21H19NO2/c1-3-24-21(23)20-19(18-12-8-7-9-15(18)2)13-17(14-22-20)16-10-5-4-6-11-16/h4-14H,3H2,1-2H3. The summed E-state index contributed by atoms with van der Waals surface area (Å²) in [4.78, 5) is 16.7. The monoisotopic (exact) mass is 317 g/mol. The number of nitrogens with zero attached hydrogens (tertiary/aromatic N) is 1. The van der Waals surface area contributed by atoms with E-state index < -0.39 is 5.97 Å². The lowest BCUT2D eigenvalue weighted by molar-refractivity contribution is 0.0520. The van der Waals surface area contributed by atoms with Crippen LogP contribution in [0.4, 0.5) is 0 Å². The smallest absolute Gasteiger partial charge is 0.357 e. The quantitative estimate of drug-likeness (QED) is 0.642. The van der Waals surface area contributed by atoms with Gasteiger partial charge < -0.3 is 4.74 Å². The van der Waals surface area contributed by atoms with Gasteiger partial charge in [-0.15, -0.1) is 0 Å². The van der Waals surface area contributed by atoms with Crippen molar-refractivity contribution in [1.29, 1.82) is 0 Å². The van der Waals surface area contributed by atoms with E-state index in [-0.39, 0.29) is 0 Å². The summed E-state index contributed by atoms with van der Waals surface area (Å²) in [5.74, 6) is -0.393. The number of benzene rings is 2. The van der Waals surface area contributed by atoms with E-state index in [2.05, 4.69) is 4.98 Å². The minimum Gasteiger partial charge on any atom is -0.461 e. The molecule has 0 saturated heterocycles. The first-order chi connectivity index (χ1) is 11.7. The third-order valence-corrected chi connectivity index (χ3v) is 3.90. The van der Waals surface area contributed by atoms with Crippen LogP contribution in [-0.4, -0.2) is 17.6 Å². The third kappa shape index (κ3) is 3.20. The molecule has 0 N–H and O–H groups in total. The first-order valence-electron chi connectivity index (χ1n) is 7.99. The van der Waals surface area contributed by atoms with E-state index in [9.17, 15) is 4.79 Å². The summed E-state index contributed by atoms with van der Waals surface area (Å²) >= 11 is 0. The summed E-state index contributed by atoms with van der Waals surface area (Å²) in [5.41, 5.74) is 5.27. The molecule has 0 spiro atoms. The fourth-order valence-corrected chi connectivity index (χ4v) is 2.70. The van der Waals surface area contributed by atoms with E-state index in [0.717, 1.165) is 27.8 Å². The van der Waals surface area contributed by atoms with E-state index in [4.69, 9.17) is 4.74 Å². The summed E-state index contributed by atoms with van der Waals surface area (Å²) in [6.07, 6.45) is 1.73. The number of carbonyl (C=O) groups is 1. The molecule has 3 heteroatoms. The van der Waals surface area contributed by atoms with E-state index in [0.29, 0.717) is 12.3 Å². The Balaban J connectivity index is 2.18. The van der Waals surface area contributed by atoms with Gasteiger partial charge in [0.25, 0.3) is 0 Å². The predicted molar refractivity (Wildman–Crippen MR) is 95.8 cm³/mol. The Morgan fingerprint density at radius 1 is 0.958 bits per heavy atom. The van der Waals surface area contributed by atoms with E-state index in [1.807, 2.05) is 67.6 Å². The number of rotatable bonds is 4. The predicted octanol–water partition coefficient (Wildman–Crippen LogP) is 4.90. The molecule has 0 unspecified atom stereocenters. The lowest BCUT2D eigenvalue weighted by Gasteiger charge is -2.12. The summed E-state index contributed by atoms with van der Waals surface area (Å²) in [6, 6.07) is 20.0. The molecule has 0 aliphatic heterocycles. The average molecular weight is 317 g/mol. The molecular formula is C21H19NO2. The number of aryl methyl sites for hydroxylation is 1. The number of pyridine rings is 1. The fraction of sp³-hybridized carbons (Fsp3) is 0.143. The number of aromatic nitrogens is 1. The molecule has 0 aliphatic rings. The topological polar surface area (TPSA) is 39.2 Å². The zero-order chi connectivity index (χ0) is 16.9. The molecule has 120 valence electrons. The molecule has 0 aliphatic carbocycles. The molecule has 2 aromatic carbocycles. The Morgan fingerprint density at radius 3 is 2.38 bits per heavy atom. The number of hydrogen-bond donors (Lipinski definition) is 0. The van der Waals surface area contributed by atoms with Gasteiger partial charge in [-0.1, -0.05) is 54.6 Å². The molecule has 3 rings (SSSR count). The van der Waals surface area contributed by atoms with Crippen LogP contribution in [0.1, 0.15) is 23.0 Å². The second kappa shape index (κ2) is 7.09. The second-order valence-corrected chi connectivity index (χ2v) is 5.52. The lowest BCUT2D eigenvalue weighted by atomic mass is 9.96. The van der Waals surface area contributed by atoms with Gasteiger partial charge in [-0.05, 0) is 36.6 Å². The van der Waals surface area contributed by atoms with Gasteiger partial charge in [-0.25, -0.2) is 9.78 Å². The maximum absolute atomic E-state index is 12.3. The van der Waals surface area contributed by atoms with Crippen molar-refractivity contribution in [3.05, 3.63) is 78.1 Å². The fourth-order valence-electron chi connectivity index (χ4n) is 2.70. The van der Waals surface area contributed by atoms with Crippen LogP contribution in [0.25, 0.3) is 22.3 Å². The maximum Gasteiger partial charge on any atom is 0.357 e. The second-order valence-electron chi connectivity index (χ2n) is 5.52. The minimum atomic E-state index is -0.393. The minimum absolute atomic E-state index is 0.328. The van der Waals surface area contributed by atoms with Crippen molar-refractivity contribution in [2.24, 2.45) is 0 Å². The Labute approximate surface area is 142 Å². The molecule has 24 heavy (non-hydrogen) atoms. The first-order valence-corrected chi connectivity index (χ1v) is 7.99. The number of esters is 1. The van der Waals surface area contributed by atoms with E-state index in [1.165, 1.54) is 0 Å². The molecule has 0 amide bonds. The highest BCUT2D eigenvalue weighted by atomic mass is 16.5. The normalized spacial score (nSPS) is 10.4. The van der Waals surface area contributed by atoms with Crippen molar-refractivity contribution in [1.82, 2.24) is 4.98 Å². The largest absolute Gasteiger partial charge is 0.461 e. The average Bonchev–Trinajstić information content (AvgIpc) is 2.62. The lowest BCUT2D eigenvalue weighted by Crippen LogP contribution is -2.09. The van der Waals surface area contributed by atoms with Crippen LogP contribution in [0.15, 0.2) is 66.9 Å². The highest BCUT2D eigenvalue weighted by Crippen LogP contribution is 2.30. The zero-order valence-electron chi connectivity index (χ0n) is 13.8. The van der Waals surface area contributed by atoms with Crippen LogP contribution < -0.4 is 0 Å². The molecular weight excluding hydrogens is 298 g/mol. The number of carbonyl (C=O) groups excluding carboxylic acids is 1. The Bertz CT molecular complexity index is 857. The molecule has 0 saturated carbocycles. The van der Waals surface area contributed by atoms with Gasteiger partial charge >= 0.3 is 5.97 Å². The SMILES string of the molecule is CCOC(=O)c1ncc(-c2ccccc2)cc1-c1ccccc1C. The number of hydrogen-bond acceptors (Lipinski definition) is 3. The molecule has 0 atom stereocenters. The van der Waals surface area contributed by atoms with Crippen LogP contribution in [0, 0.1) is 6.92 Å². The molecule has 3 nitrogen and oxygen atoms in total.